The van der Waals surface area contributed by atoms with Crippen LogP contribution in [0.1, 0.15) is 12.8 Å². The molecule has 2 nitrogen and oxygen atoms in total. The van der Waals surface area contributed by atoms with Crippen LogP contribution < -0.4 is 5.32 Å². The number of carbonyl (C=O) groups excluding carboxylic acids is 1. The predicted octanol–water partition coefficient (Wildman–Crippen LogP) is 0.188. The summed E-state index contributed by atoms with van der Waals surface area (Å²) in [5.41, 5.74) is 0. The molecule has 0 bridgehead atoms. The molecule has 0 heterocycles. The molecule has 0 aromatic rings. The zero-order chi connectivity index (χ0) is 7.11. The fraction of sp³-hybridized carbons (Fsp3) is 0.571. The first kappa shape index (κ1) is 8.19. The first-order valence-corrected chi connectivity index (χ1v) is 2.91. The van der Waals surface area contributed by atoms with E-state index in [0.29, 0.717) is 6.42 Å². The third kappa shape index (κ3) is 5.05. The van der Waals surface area contributed by atoms with Crippen molar-refractivity contribution >= 4 is 5.78 Å². The molecule has 2 heteroatoms. The van der Waals surface area contributed by atoms with Crippen LogP contribution in [-0.2, 0) is 4.79 Å². The highest BCUT2D eigenvalue weighted by atomic mass is 16.1. The summed E-state index contributed by atoms with van der Waals surface area (Å²) in [5, 5.41) is 2.87. The van der Waals surface area contributed by atoms with Crippen molar-refractivity contribution in [2.75, 3.05) is 13.6 Å². The molecule has 0 amide bonds. The highest BCUT2D eigenvalue weighted by molar-refractivity contribution is 5.80. The summed E-state index contributed by atoms with van der Waals surface area (Å²) in [6.45, 7) is 0.723. The smallest absolute Gasteiger partial charge is 0.146 e. The van der Waals surface area contributed by atoms with Crippen molar-refractivity contribution in [3.8, 4) is 12.3 Å². The Morgan fingerprint density at radius 3 is 2.89 bits per heavy atom. The van der Waals surface area contributed by atoms with Gasteiger partial charge in [-0.15, -0.1) is 6.42 Å². The molecule has 0 atom stereocenters. The Morgan fingerprint density at radius 1 is 1.78 bits per heavy atom. The lowest BCUT2D eigenvalue weighted by molar-refractivity contribution is -0.118. The third-order valence-electron chi connectivity index (χ3n) is 0.953. The number of hydrogen-bond acceptors (Lipinski definition) is 2. The molecule has 0 radical (unpaired) electrons. The van der Waals surface area contributed by atoms with Gasteiger partial charge in [-0.25, -0.2) is 0 Å². The van der Waals surface area contributed by atoms with Crippen molar-refractivity contribution in [2.45, 2.75) is 12.8 Å². The minimum absolute atomic E-state index is 0.131. The molecule has 0 aromatic carbocycles. The van der Waals surface area contributed by atoms with Gasteiger partial charge in [0.15, 0.2) is 0 Å². The highest BCUT2D eigenvalue weighted by Crippen LogP contribution is 1.84. The number of terminal acetylenes is 1. The van der Waals surface area contributed by atoms with Crippen LogP contribution in [0.15, 0.2) is 0 Å². The van der Waals surface area contributed by atoms with E-state index in [1.807, 2.05) is 7.05 Å². The summed E-state index contributed by atoms with van der Waals surface area (Å²) in [5.74, 6) is 2.43. The Balaban J connectivity index is 3.19. The zero-order valence-corrected chi connectivity index (χ0v) is 5.61. The standard InChI is InChI=1S/C7H11NO/c1-3-4-7(9)5-6-8-2/h1,8H,4-6H2,2H3. The fourth-order valence-corrected chi connectivity index (χ4v) is 0.467. The molecule has 9 heavy (non-hydrogen) atoms. The van der Waals surface area contributed by atoms with E-state index in [1.165, 1.54) is 0 Å². The normalized spacial score (nSPS) is 8.44. The zero-order valence-electron chi connectivity index (χ0n) is 5.61. The number of carbonyl (C=O) groups is 1. The average molecular weight is 125 g/mol. The molecule has 0 saturated carbocycles. The summed E-state index contributed by atoms with van der Waals surface area (Å²) >= 11 is 0. The lowest BCUT2D eigenvalue weighted by Gasteiger charge is -1.93. The second-order valence-corrected chi connectivity index (χ2v) is 1.77. The van der Waals surface area contributed by atoms with Crippen LogP contribution in [0.5, 0.6) is 0 Å². The van der Waals surface area contributed by atoms with Gasteiger partial charge in [-0.3, -0.25) is 4.79 Å². The van der Waals surface area contributed by atoms with Crippen molar-refractivity contribution in [1.82, 2.24) is 5.32 Å². The molecule has 0 aliphatic heterocycles. The molecule has 0 spiro atoms. The lowest BCUT2D eigenvalue weighted by atomic mass is 10.2. The van der Waals surface area contributed by atoms with Crippen LogP contribution in [-0.4, -0.2) is 19.4 Å². The predicted molar refractivity (Wildman–Crippen MR) is 37.0 cm³/mol. The van der Waals surface area contributed by atoms with Crippen LogP contribution >= 0.6 is 0 Å². The fourth-order valence-electron chi connectivity index (χ4n) is 0.467. The molecular weight excluding hydrogens is 114 g/mol. The van der Waals surface area contributed by atoms with E-state index in [4.69, 9.17) is 6.42 Å². The van der Waals surface area contributed by atoms with E-state index in [1.54, 1.807) is 0 Å². The number of ketones is 1. The van der Waals surface area contributed by atoms with E-state index in [2.05, 4.69) is 11.2 Å². The van der Waals surface area contributed by atoms with Crippen LogP contribution in [0.2, 0.25) is 0 Å². The van der Waals surface area contributed by atoms with Gasteiger partial charge < -0.3 is 5.32 Å². The van der Waals surface area contributed by atoms with Crippen molar-refractivity contribution in [3.63, 3.8) is 0 Å². The number of rotatable bonds is 4. The maximum atomic E-state index is 10.6. The Morgan fingerprint density at radius 2 is 2.44 bits per heavy atom. The molecule has 0 aromatic heterocycles. The van der Waals surface area contributed by atoms with E-state index < -0.39 is 0 Å². The molecule has 0 fully saturated rings. The molecule has 0 rings (SSSR count). The topological polar surface area (TPSA) is 29.1 Å². The first-order chi connectivity index (χ1) is 4.31. The Hall–Kier alpha value is -0.810. The molecule has 1 N–H and O–H groups in total. The summed E-state index contributed by atoms with van der Waals surface area (Å²) in [6.07, 6.45) is 5.72. The van der Waals surface area contributed by atoms with E-state index in [9.17, 15) is 4.79 Å². The molecule has 0 aliphatic carbocycles. The van der Waals surface area contributed by atoms with Gasteiger partial charge in [0.1, 0.15) is 5.78 Å². The molecule has 50 valence electrons. The minimum atomic E-state index is 0.131. The summed E-state index contributed by atoms with van der Waals surface area (Å²) in [6, 6.07) is 0. The van der Waals surface area contributed by atoms with Crippen molar-refractivity contribution in [3.05, 3.63) is 0 Å². The maximum absolute atomic E-state index is 10.6. The van der Waals surface area contributed by atoms with Gasteiger partial charge in [-0.05, 0) is 7.05 Å². The van der Waals surface area contributed by atoms with Crippen molar-refractivity contribution < 1.29 is 4.79 Å². The number of Topliss-reactive ketones (excluding diaryl/α,β-unsaturated/α-hetero) is 1. The van der Waals surface area contributed by atoms with Gasteiger partial charge >= 0.3 is 0 Å². The molecule has 0 aliphatic rings. The second kappa shape index (κ2) is 5.33. The van der Waals surface area contributed by atoms with Gasteiger partial charge in [0.05, 0.1) is 6.42 Å². The van der Waals surface area contributed by atoms with E-state index in [-0.39, 0.29) is 12.2 Å². The first-order valence-electron chi connectivity index (χ1n) is 2.91. The second-order valence-electron chi connectivity index (χ2n) is 1.77. The number of hydrogen-bond donors (Lipinski definition) is 1. The Labute approximate surface area is 55.6 Å². The van der Waals surface area contributed by atoms with Crippen molar-refractivity contribution in [2.24, 2.45) is 0 Å². The maximum Gasteiger partial charge on any atom is 0.146 e. The Bertz CT molecular complexity index is 123. The van der Waals surface area contributed by atoms with E-state index >= 15 is 0 Å². The van der Waals surface area contributed by atoms with Crippen LogP contribution in [0.4, 0.5) is 0 Å². The average Bonchev–Trinajstić information content (AvgIpc) is 1.85. The molecule has 0 unspecified atom stereocenters. The van der Waals surface area contributed by atoms with Gasteiger partial charge in [0, 0.05) is 13.0 Å². The van der Waals surface area contributed by atoms with Gasteiger partial charge in [0.25, 0.3) is 0 Å². The molecule has 0 saturated heterocycles. The quantitative estimate of drug-likeness (QED) is 0.543. The van der Waals surface area contributed by atoms with Crippen LogP contribution in [0.3, 0.4) is 0 Å². The van der Waals surface area contributed by atoms with Gasteiger partial charge in [-0.2, -0.15) is 0 Å². The highest BCUT2D eigenvalue weighted by Gasteiger charge is 1.95. The minimum Gasteiger partial charge on any atom is -0.319 e. The van der Waals surface area contributed by atoms with Crippen LogP contribution in [0.25, 0.3) is 0 Å². The lowest BCUT2D eigenvalue weighted by Crippen LogP contribution is -2.12. The van der Waals surface area contributed by atoms with Gasteiger partial charge in [0.2, 0.25) is 0 Å². The van der Waals surface area contributed by atoms with Crippen LogP contribution in [0, 0.1) is 12.3 Å². The Kier molecular flexibility index (Phi) is 4.85. The third-order valence-corrected chi connectivity index (χ3v) is 0.953. The number of nitrogens with one attached hydrogen (secondary N) is 1. The SMILES string of the molecule is C#CCC(=O)CCNC. The monoisotopic (exact) mass is 125 g/mol. The summed E-state index contributed by atoms with van der Waals surface area (Å²) in [7, 11) is 1.81. The largest absolute Gasteiger partial charge is 0.319 e. The summed E-state index contributed by atoms with van der Waals surface area (Å²) in [4.78, 5) is 10.6. The molecular formula is C7H11NO. The van der Waals surface area contributed by atoms with Crippen molar-refractivity contribution in [1.29, 1.82) is 0 Å². The summed E-state index contributed by atoms with van der Waals surface area (Å²) < 4.78 is 0. The van der Waals surface area contributed by atoms with Gasteiger partial charge in [-0.1, -0.05) is 5.92 Å². The van der Waals surface area contributed by atoms with E-state index in [0.717, 1.165) is 6.54 Å².